The third-order valence-electron chi connectivity index (χ3n) is 5.35. The van der Waals surface area contributed by atoms with Crippen LogP contribution < -0.4 is 27.0 Å². The summed E-state index contributed by atoms with van der Waals surface area (Å²) in [6, 6.07) is 16.9. The van der Waals surface area contributed by atoms with Crippen molar-refractivity contribution in [2.75, 3.05) is 10.2 Å². The molecule has 5 rings (SSSR count). The minimum atomic E-state index is -0.919. The number of nitrogens with one attached hydrogen (secondary N) is 3. The molecular formula is C24H23F2N9. The Bertz CT molecular complexity index is 1390. The average molecular weight is 476 g/mol. The Labute approximate surface area is 201 Å². The van der Waals surface area contributed by atoms with Crippen LogP contribution in [0.15, 0.2) is 78.0 Å². The molecule has 1 aliphatic rings. The maximum Gasteiger partial charge on any atom is 0.224 e. The van der Waals surface area contributed by atoms with E-state index >= 15 is 0 Å². The summed E-state index contributed by atoms with van der Waals surface area (Å²) in [5.74, 6) is 4.97. The number of fused-ring (bicyclic) bond motifs is 2. The van der Waals surface area contributed by atoms with Crippen molar-refractivity contribution in [1.82, 2.24) is 25.9 Å². The lowest BCUT2D eigenvalue weighted by atomic mass is 10.1. The number of hydrazine groups is 2. The van der Waals surface area contributed by atoms with E-state index in [1.165, 1.54) is 12.1 Å². The van der Waals surface area contributed by atoms with Gasteiger partial charge in [-0.05, 0) is 42.0 Å². The molecule has 1 aliphatic heterocycles. The minimum absolute atomic E-state index is 0. The number of nitrogens with zero attached hydrogens (tertiary/aromatic N) is 5. The Balaban J connectivity index is 0.00000304. The molecule has 178 valence electrons. The second-order valence-electron chi connectivity index (χ2n) is 7.66. The molecule has 0 radical (unpaired) electrons. The highest BCUT2D eigenvalue weighted by atomic mass is 19.2. The van der Waals surface area contributed by atoms with Crippen molar-refractivity contribution < 1.29 is 10.2 Å². The molecule has 4 aromatic rings. The first-order chi connectivity index (χ1) is 17.1. The predicted octanol–water partition coefficient (Wildman–Crippen LogP) is 3.71. The molecule has 35 heavy (non-hydrogen) atoms. The number of rotatable bonds is 6. The Morgan fingerprint density at radius 3 is 2.63 bits per heavy atom. The van der Waals surface area contributed by atoms with Crippen LogP contribution in [0.5, 0.6) is 0 Å². The fraction of sp³-hybridized carbons (Fsp3) is 0.0833. The quantitative estimate of drug-likeness (QED) is 0.246. The number of hydrogen-bond donors (Lipinski definition) is 4. The van der Waals surface area contributed by atoms with Crippen molar-refractivity contribution in [3.63, 3.8) is 0 Å². The van der Waals surface area contributed by atoms with Crippen LogP contribution in [0.1, 0.15) is 18.2 Å². The van der Waals surface area contributed by atoms with Crippen LogP contribution in [0.2, 0.25) is 0 Å². The van der Waals surface area contributed by atoms with E-state index in [4.69, 9.17) is 15.8 Å². The maximum atomic E-state index is 14.0. The number of aromatic nitrogens is 3. The third kappa shape index (κ3) is 4.76. The Morgan fingerprint density at radius 2 is 1.83 bits per heavy atom. The number of halogens is 2. The van der Waals surface area contributed by atoms with Crippen LogP contribution in [0.4, 0.5) is 31.9 Å². The lowest BCUT2D eigenvalue weighted by Gasteiger charge is -2.26. The van der Waals surface area contributed by atoms with Crippen molar-refractivity contribution >= 4 is 29.0 Å². The molecule has 3 heterocycles. The Morgan fingerprint density at radius 1 is 0.971 bits per heavy atom. The van der Waals surface area contributed by atoms with Gasteiger partial charge in [-0.3, -0.25) is 16.3 Å². The van der Waals surface area contributed by atoms with E-state index in [0.717, 1.165) is 17.4 Å². The Kier molecular flexibility index (Phi) is 6.24. The third-order valence-corrected chi connectivity index (χ3v) is 5.35. The number of nitrogens with two attached hydrogens (primary N) is 1. The molecule has 9 nitrogen and oxygen atoms in total. The molecule has 2 aromatic heterocycles. The number of amidine groups is 1. The molecule has 0 saturated heterocycles. The minimum Gasteiger partial charge on any atom is -0.349 e. The number of para-hydroxylation sites is 2. The lowest BCUT2D eigenvalue weighted by molar-refractivity contribution is 0.507. The first kappa shape index (κ1) is 22.3. The number of anilines is 3. The van der Waals surface area contributed by atoms with Crippen LogP contribution in [-0.2, 0) is 13.1 Å². The molecule has 0 bridgehead atoms. The molecule has 0 saturated carbocycles. The molecule has 0 atom stereocenters. The summed E-state index contributed by atoms with van der Waals surface area (Å²) in [4.78, 5) is 20.1. The SMILES string of the molecule is NNNC1=Nc2ccccc2N(Cc2ccc(F)c(F)c2)c2nc(NCc3ccccn3)ncc21.[HH]. The number of hydrogen-bond acceptors (Lipinski definition) is 9. The highest BCUT2D eigenvalue weighted by Gasteiger charge is 2.26. The van der Waals surface area contributed by atoms with Crippen molar-refractivity contribution in [3.05, 3.63) is 102 Å². The van der Waals surface area contributed by atoms with E-state index in [9.17, 15) is 8.78 Å². The van der Waals surface area contributed by atoms with Gasteiger partial charge in [0.05, 0.1) is 29.2 Å². The summed E-state index contributed by atoms with van der Waals surface area (Å²) in [7, 11) is 0. The maximum absolute atomic E-state index is 14.0. The zero-order valence-corrected chi connectivity index (χ0v) is 18.4. The van der Waals surface area contributed by atoms with Crippen LogP contribution in [0.25, 0.3) is 0 Å². The van der Waals surface area contributed by atoms with Gasteiger partial charge in [-0.25, -0.2) is 18.8 Å². The van der Waals surface area contributed by atoms with Crippen LogP contribution in [0, 0.1) is 11.6 Å². The number of pyridine rings is 1. The van der Waals surface area contributed by atoms with Crippen LogP contribution in [0.3, 0.4) is 0 Å². The summed E-state index contributed by atoms with van der Waals surface area (Å²) in [5, 5.41) is 3.18. The normalized spacial score (nSPS) is 12.3. The topological polar surface area (TPSA) is 116 Å². The molecule has 0 unspecified atom stereocenters. The van der Waals surface area contributed by atoms with Crippen LogP contribution >= 0.6 is 0 Å². The zero-order valence-electron chi connectivity index (χ0n) is 18.4. The van der Waals surface area contributed by atoms with E-state index in [1.54, 1.807) is 12.4 Å². The summed E-state index contributed by atoms with van der Waals surface area (Å²) >= 11 is 0. The summed E-state index contributed by atoms with van der Waals surface area (Å²) in [6.07, 6.45) is 3.33. The van der Waals surface area contributed by atoms with Gasteiger partial charge >= 0.3 is 0 Å². The van der Waals surface area contributed by atoms with Crippen molar-refractivity contribution in [3.8, 4) is 0 Å². The van der Waals surface area contributed by atoms with Crippen LogP contribution in [-0.4, -0.2) is 20.8 Å². The fourth-order valence-electron chi connectivity index (χ4n) is 3.73. The molecule has 11 heteroatoms. The molecular weight excluding hydrogens is 452 g/mol. The lowest BCUT2D eigenvalue weighted by Crippen LogP contribution is -2.43. The zero-order chi connectivity index (χ0) is 24.2. The van der Waals surface area contributed by atoms with Gasteiger partial charge in [-0.2, -0.15) is 10.5 Å². The van der Waals surface area contributed by atoms with Gasteiger partial charge in [0.25, 0.3) is 0 Å². The molecule has 0 amide bonds. The van der Waals surface area contributed by atoms with Crippen molar-refractivity contribution in [2.24, 2.45) is 10.8 Å². The molecule has 2 aromatic carbocycles. The van der Waals surface area contributed by atoms with Gasteiger partial charge < -0.3 is 10.2 Å². The standard InChI is InChI=1S/C24H21F2N9.H2/c25-18-9-8-15(11-19(18)26)14-35-21-7-2-1-6-20(21)31-22(33-34-27)17-13-30-24(32-23(17)35)29-12-16-5-3-4-10-28-16;/h1-11,13,34H,12,14,27H2,(H,31,33)(H,29,30,32);1H. The first-order valence-corrected chi connectivity index (χ1v) is 10.7. The van der Waals surface area contributed by atoms with Crippen molar-refractivity contribution in [1.29, 1.82) is 0 Å². The second kappa shape index (κ2) is 9.79. The van der Waals surface area contributed by atoms with Crippen molar-refractivity contribution in [2.45, 2.75) is 13.1 Å². The highest BCUT2D eigenvalue weighted by molar-refractivity contribution is 6.07. The summed E-state index contributed by atoms with van der Waals surface area (Å²) in [5.41, 5.74) is 8.54. The molecule has 0 spiro atoms. The molecule has 0 aliphatic carbocycles. The smallest absolute Gasteiger partial charge is 0.224 e. The van der Waals surface area contributed by atoms with Gasteiger partial charge in [0.1, 0.15) is 5.82 Å². The fourth-order valence-corrected chi connectivity index (χ4v) is 3.73. The second-order valence-corrected chi connectivity index (χ2v) is 7.66. The predicted molar refractivity (Wildman–Crippen MR) is 131 cm³/mol. The number of benzene rings is 2. The first-order valence-electron chi connectivity index (χ1n) is 10.7. The van der Waals surface area contributed by atoms with E-state index < -0.39 is 11.6 Å². The van der Waals surface area contributed by atoms with E-state index in [-0.39, 0.29) is 7.97 Å². The van der Waals surface area contributed by atoms with E-state index in [1.807, 2.05) is 47.4 Å². The van der Waals surface area contributed by atoms with Gasteiger partial charge in [-0.15, -0.1) is 0 Å². The largest absolute Gasteiger partial charge is 0.349 e. The average Bonchev–Trinajstić information content (AvgIpc) is 3.00. The van der Waals surface area contributed by atoms with E-state index in [0.29, 0.717) is 41.0 Å². The molecule has 0 fully saturated rings. The van der Waals surface area contributed by atoms with Gasteiger partial charge in [0, 0.05) is 20.4 Å². The summed E-state index contributed by atoms with van der Waals surface area (Å²) in [6.45, 7) is 0.625. The summed E-state index contributed by atoms with van der Waals surface area (Å²) < 4.78 is 27.6. The Hall–Kier alpha value is -4.48. The van der Waals surface area contributed by atoms with Gasteiger partial charge in [0.2, 0.25) is 5.95 Å². The number of aliphatic imine (C=N–C) groups is 1. The highest BCUT2D eigenvalue weighted by Crippen LogP contribution is 2.39. The van der Waals surface area contributed by atoms with Gasteiger partial charge in [0.15, 0.2) is 17.5 Å². The molecule has 5 N–H and O–H groups in total. The monoisotopic (exact) mass is 475 g/mol. The van der Waals surface area contributed by atoms with E-state index in [2.05, 4.69) is 26.2 Å². The van der Waals surface area contributed by atoms with Gasteiger partial charge in [-0.1, -0.05) is 24.3 Å².